The monoisotopic (exact) mass is 485 g/mol. The third-order valence-electron chi connectivity index (χ3n) is 5.92. The lowest BCUT2D eigenvalue weighted by Crippen LogP contribution is -2.37. The number of nitrogen functional groups attached to an aromatic ring is 1. The predicted octanol–water partition coefficient (Wildman–Crippen LogP) is 3.23. The van der Waals surface area contributed by atoms with Crippen molar-refractivity contribution in [2.75, 3.05) is 16.8 Å². The Morgan fingerprint density at radius 1 is 1.14 bits per heavy atom. The van der Waals surface area contributed by atoms with Gasteiger partial charge in [-0.15, -0.1) is 0 Å². The molecule has 0 saturated carbocycles. The van der Waals surface area contributed by atoms with E-state index in [-0.39, 0.29) is 18.3 Å². The molecule has 10 heteroatoms. The topological polar surface area (TPSA) is 150 Å². The van der Waals surface area contributed by atoms with Gasteiger partial charge in [-0.3, -0.25) is 19.9 Å². The minimum Gasteiger partial charge on any atom is -0.481 e. The van der Waals surface area contributed by atoms with Gasteiger partial charge in [0.05, 0.1) is 23.5 Å². The van der Waals surface area contributed by atoms with Crippen LogP contribution in [0.5, 0.6) is 0 Å². The summed E-state index contributed by atoms with van der Waals surface area (Å²) in [7, 11) is 1.90. The molecule has 0 aliphatic carbocycles. The lowest BCUT2D eigenvalue weighted by molar-refractivity contribution is -0.140. The number of carbonyl (C=O) groups is 2. The highest BCUT2D eigenvalue weighted by Gasteiger charge is 2.24. The van der Waals surface area contributed by atoms with Crippen molar-refractivity contribution in [3.8, 4) is 0 Å². The zero-order chi connectivity index (χ0) is 25.8. The second-order valence-electron chi connectivity index (χ2n) is 8.48. The molecule has 1 atom stereocenters. The minimum absolute atomic E-state index is 0.0109. The fourth-order valence-corrected chi connectivity index (χ4v) is 3.79. The number of hydrogen-bond acceptors (Lipinski definition) is 6. The number of imidazole rings is 1. The third-order valence-corrected chi connectivity index (χ3v) is 5.92. The van der Waals surface area contributed by atoms with Gasteiger partial charge in [0, 0.05) is 36.6 Å². The smallest absolute Gasteiger partial charge is 0.308 e. The Labute approximate surface area is 207 Å². The molecule has 36 heavy (non-hydrogen) atoms. The van der Waals surface area contributed by atoms with E-state index >= 15 is 0 Å². The van der Waals surface area contributed by atoms with Gasteiger partial charge < -0.3 is 20.7 Å². The van der Waals surface area contributed by atoms with Crippen LogP contribution in [0.3, 0.4) is 0 Å². The molecular formula is C26H27N7O3. The zero-order valence-electron chi connectivity index (χ0n) is 20.0. The number of aromatic nitrogens is 3. The number of amidine groups is 1. The number of aliphatic carboxylic acids is 1. The average Bonchev–Trinajstić information content (AvgIpc) is 3.20. The normalized spacial score (nSPS) is 11.7. The van der Waals surface area contributed by atoms with E-state index in [1.165, 1.54) is 4.90 Å². The molecule has 5 N–H and O–H groups in total. The molecule has 4 aromatic rings. The molecule has 1 unspecified atom stereocenters. The van der Waals surface area contributed by atoms with Gasteiger partial charge in [0.2, 0.25) is 0 Å². The Kier molecular flexibility index (Phi) is 6.95. The van der Waals surface area contributed by atoms with E-state index in [9.17, 15) is 14.7 Å². The van der Waals surface area contributed by atoms with Gasteiger partial charge in [-0.2, -0.15) is 0 Å². The van der Waals surface area contributed by atoms with E-state index < -0.39 is 11.9 Å². The number of carboxylic acids is 1. The van der Waals surface area contributed by atoms with Crippen LogP contribution in [0.15, 0.2) is 66.9 Å². The molecule has 10 nitrogen and oxygen atoms in total. The summed E-state index contributed by atoms with van der Waals surface area (Å²) in [5.41, 5.74) is 8.92. The second-order valence-corrected chi connectivity index (χ2v) is 8.48. The maximum absolute atomic E-state index is 13.4. The quantitative estimate of drug-likeness (QED) is 0.210. The number of carbonyl (C=O) groups excluding carboxylic acids is 1. The fraction of sp³-hybridized carbons (Fsp3) is 0.192. The molecular weight excluding hydrogens is 458 g/mol. The van der Waals surface area contributed by atoms with E-state index in [4.69, 9.17) is 16.1 Å². The molecule has 0 radical (unpaired) electrons. The van der Waals surface area contributed by atoms with Gasteiger partial charge in [0.15, 0.2) is 0 Å². The van der Waals surface area contributed by atoms with Crippen LogP contribution in [0.1, 0.15) is 28.7 Å². The number of pyridine rings is 1. The van der Waals surface area contributed by atoms with E-state index in [1.54, 1.807) is 55.6 Å². The van der Waals surface area contributed by atoms with Crippen molar-refractivity contribution in [2.45, 2.75) is 13.5 Å². The highest BCUT2D eigenvalue weighted by Crippen LogP contribution is 2.22. The molecule has 1 amide bonds. The van der Waals surface area contributed by atoms with Crippen LogP contribution in [-0.2, 0) is 18.4 Å². The van der Waals surface area contributed by atoms with Gasteiger partial charge in [-0.1, -0.05) is 13.0 Å². The molecule has 0 saturated heterocycles. The number of fused-ring (bicyclic) bond motifs is 1. The number of carboxylic acid groups (broad SMARTS) is 1. The Balaban J connectivity index is 1.58. The van der Waals surface area contributed by atoms with Crippen LogP contribution in [-0.4, -0.2) is 43.9 Å². The van der Waals surface area contributed by atoms with Crippen LogP contribution in [0.25, 0.3) is 11.0 Å². The number of hydrogen-bond donors (Lipinski definition) is 4. The molecule has 2 aromatic heterocycles. The highest BCUT2D eigenvalue weighted by molar-refractivity contribution is 6.07. The number of rotatable bonds is 9. The van der Waals surface area contributed by atoms with E-state index in [0.717, 1.165) is 17.0 Å². The van der Waals surface area contributed by atoms with Crippen molar-refractivity contribution < 1.29 is 14.7 Å². The summed E-state index contributed by atoms with van der Waals surface area (Å²) in [6, 6.07) is 17.7. The minimum atomic E-state index is -0.989. The second kappa shape index (κ2) is 10.3. The maximum atomic E-state index is 13.4. The SMILES string of the molecule is CC(CN(C(=O)c1ccc2c(c1)nc(CNc1ccc(C(=N)N)cc1)n2C)c1ccccn1)C(=O)O. The number of nitrogens with two attached hydrogens (primary N) is 1. The summed E-state index contributed by atoms with van der Waals surface area (Å²) in [6.45, 7) is 1.99. The summed E-state index contributed by atoms with van der Waals surface area (Å²) in [5, 5.41) is 20.2. The standard InChI is InChI=1S/C26H27N7O3/c1-16(26(35)36)15-33(22-5-3-4-12-29-22)25(34)18-8-11-21-20(13-18)31-23(32(21)2)14-30-19-9-6-17(7-10-19)24(27)28/h3-13,16,30H,14-15H2,1-2H3,(H3,27,28)(H,35,36). The number of benzene rings is 2. The van der Waals surface area contributed by atoms with Crippen molar-refractivity contribution in [2.24, 2.45) is 18.7 Å². The molecule has 4 rings (SSSR count). The van der Waals surface area contributed by atoms with Crippen LogP contribution < -0.4 is 16.0 Å². The van der Waals surface area contributed by atoms with E-state index in [1.807, 2.05) is 29.8 Å². The molecule has 0 bridgehead atoms. The van der Waals surface area contributed by atoms with Crippen LogP contribution in [0, 0.1) is 11.3 Å². The molecule has 2 aromatic carbocycles. The predicted molar refractivity (Wildman–Crippen MR) is 138 cm³/mol. The third kappa shape index (κ3) is 5.17. The van der Waals surface area contributed by atoms with Crippen LogP contribution in [0.4, 0.5) is 11.5 Å². The van der Waals surface area contributed by atoms with Crippen LogP contribution >= 0.6 is 0 Å². The Morgan fingerprint density at radius 2 is 1.86 bits per heavy atom. The van der Waals surface area contributed by atoms with Gasteiger partial charge in [-0.05, 0) is 54.6 Å². The summed E-state index contributed by atoms with van der Waals surface area (Å²) >= 11 is 0. The lowest BCUT2D eigenvalue weighted by Gasteiger charge is -2.23. The molecule has 184 valence electrons. The number of amides is 1. The van der Waals surface area contributed by atoms with E-state index in [0.29, 0.717) is 29.0 Å². The first-order valence-corrected chi connectivity index (χ1v) is 11.3. The van der Waals surface area contributed by atoms with Crippen molar-refractivity contribution in [3.63, 3.8) is 0 Å². The van der Waals surface area contributed by atoms with Gasteiger partial charge in [0.25, 0.3) is 5.91 Å². The van der Waals surface area contributed by atoms with E-state index in [2.05, 4.69) is 10.3 Å². The molecule has 0 spiro atoms. The average molecular weight is 486 g/mol. The first-order chi connectivity index (χ1) is 17.2. The van der Waals surface area contributed by atoms with Crippen molar-refractivity contribution in [3.05, 3.63) is 83.8 Å². The number of nitrogens with one attached hydrogen (secondary N) is 2. The summed E-state index contributed by atoms with van der Waals surface area (Å²) < 4.78 is 1.95. The van der Waals surface area contributed by atoms with Gasteiger partial charge in [-0.25, -0.2) is 9.97 Å². The first-order valence-electron chi connectivity index (χ1n) is 11.3. The zero-order valence-corrected chi connectivity index (χ0v) is 20.0. The lowest BCUT2D eigenvalue weighted by atomic mass is 10.1. The Morgan fingerprint density at radius 3 is 2.50 bits per heavy atom. The van der Waals surface area contributed by atoms with Crippen molar-refractivity contribution in [1.82, 2.24) is 14.5 Å². The number of nitrogens with zero attached hydrogens (tertiary/aromatic N) is 4. The molecule has 2 heterocycles. The largest absolute Gasteiger partial charge is 0.481 e. The van der Waals surface area contributed by atoms with Gasteiger partial charge >= 0.3 is 5.97 Å². The first kappa shape index (κ1) is 24.4. The Bertz CT molecular complexity index is 1420. The molecule has 0 aliphatic heterocycles. The number of aryl methyl sites for hydroxylation is 1. The summed E-state index contributed by atoms with van der Waals surface area (Å²) in [6.07, 6.45) is 1.57. The molecule has 0 fully saturated rings. The highest BCUT2D eigenvalue weighted by atomic mass is 16.4. The summed E-state index contributed by atoms with van der Waals surface area (Å²) in [5.74, 6) is -0.932. The van der Waals surface area contributed by atoms with Crippen molar-refractivity contribution >= 4 is 40.3 Å². The Hall–Kier alpha value is -4.73. The number of anilines is 2. The van der Waals surface area contributed by atoms with Crippen LogP contribution in [0.2, 0.25) is 0 Å². The maximum Gasteiger partial charge on any atom is 0.308 e. The summed E-state index contributed by atoms with van der Waals surface area (Å²) in [4.78, 5) is 35.2. The van der Waals surface area contributed by atoms with Crippen molar-refractivity contribution in [1.29, 1.82) is 5.41 Å². The fourth-order valence-electron chi connectivity index (χ4n) is 3.79. The van der Waals surface area contributed by atoms with Gasteiger partial charge in [0.1, 0.15) is 17.5 Å². The molecule has 0 aliphatic rings.